The van der Waals surface area contributed by atoms with E-state index in [1.165, 1.54) is 0 Å². The predicted molar refractivity (Wildman–Crippen MR) is 98.8 cm³/mol. The number of hydrogen-bond donors (Lipinski definition) is 3. The number of aliphatic hydroxyl groups excluding tert-OH is 1. The summed E-state index contributed by atoms with van der Waals surface area (Å²) in [5, 5.41) is 12.7. The van der Waals surface area contributed by atoms with Crippen molar-refractivity contribution in [2.75, 3.05) is 27.2 Å². The molecule has 0 spiro atoms. The van der Waals surface area contributed by atoms with E-state index < -0.39 is 6.03 Å². The standard InChI is InChI=1S/C19H33N3O2/c1-19(2,10-11-22(3)4)13-17(21-18(20)24)16(14-23)12-15-8-6-5-7-9-15/h5-9,16-17,23H,10-14H2,1-4H3,(H3,20,21,24)/t16-,17?/m1/s1. The molecule has 0 saturated heterocycles. The number of urea groups is 1. The third kappa shape index (κ3) is 7.79. The zero-order valence-electron chi connectivity index (χ0n) is 15.5. The van der Waals surface area contributed by atoms with Crippen molar-refractivity contribution < 1.29 is 9.90 Å². The van der Waals surface area contributed by atoms with E-state index in [0.717, 1.165) is 24.9 Å². The molecular weight excluding hydrogens is 302 g/mol. The van der Waals surface area contributed by atoms with Gasteiger partial charge in [-0.25, -0.2) is 4.79 Å². The monoisotopic (exact) mass is 335 g/mol. The lowest BCUT2D eigenvalue weighted by Gasteiger charge is -2.34. The smallest absolute Gasteiger partial charge is 0.312 e. The Morgan fingerprint density at radius 1 is 1.29 bits per heavy atom. The van der Waals surface area contributed by atoms with Crippen LogP contribution in [0.15, 0.2) is 30.3 Å². The molecule has 5 nitrogen and oxygen atoms in total. The third-order valence-corrected chi connectivity index (χ3v) is 4.48. The molecule has 1 rings (SSSR count). The molecule has 0 bridgehead atoms. The highest BCUT2D eigenvalue weighted by molar-refractivity contribution is 5.72. The Morgan fingerprint density at radius 2 is 1.92 bits per heavy atom. The second-order valence-corrected chi connectivity index (χ2v) is 7.67. The van der Waals surface area contributed by atoms with Gasteiger partial charge in [0.25, 0.3) is 0 Å². The zero-order chi connectivity index (χ0) is 18.2. The molecule has 0 aliphatic heterocycles. The van der Waals surface area contributed by atoms with Gasteiger partial charge in [0.1, 0.15) is 0 Å². The number of benzene rings is 1. The lowest BCUT2D eigenvalue weighted by Crippen LogP contribution is -2.47. The maximum atomic E-state index is 11.5. The first-order valence-corrected chi connectivity index (χ1v) is 8.59. The number of carbonyl (C=O) groups is 1. The second kappa shape index (κ2) is 9.64. The van der Waals surface area contributed by atoms with Crippen LogP contribution in [-0.4, -0.2) is 49.3 Å². The molecule has 4 N–H and O–H groups in total. The zero-order valence-corrected chi connectivity index (χ0v) is 15.5. The van der Waals surface area contributed by atoms with Gasteiger partial charge in [-0.1, -0.05) is 44.2 Å². The van der Waals surface area contributed by atoms with Crippen LogP contribution in [-0.2, 0) is 6.42 Å². The Labute approximate surface area is 146 Å². The number of carbonyl (C=O) groups excluding carboxylic acids is 1. The molecule has 0 radical (unpaired) electrons. The fraction of sp³-hybridized carbons (Fsp3) is 0.632. The van der Waals surface area contributed by atoms with Gasteiger partial charge in [-0.05, 0) is 50.9 Å². The number of primary amides is 1. The fourth-order valence-electron chi connectivity index (χ4n) is 2.99. The van der Waals surface area contributed by atoms with Crippen LogP contribution in [0.2, 0.25) is 0 Å². The molecular formula is C19H33N3O2. The minimum absolute atomic E-state index is 0.0175. The molecule has 0 aromatic heterocycles. The number of nitrogens with two attached hydrogens (primary N) is 1. The van der Waals surface area contributed by atoms with E-state index in [4.69, 9.17) is 5.73 Å². The van der Waals surface area contributed by atoms with E-state index in [9.17, 15) is 9.90 Å². The Kier molecular flexibility index (Phi) is 8.22. The van der Waals surface area contributed by atoms with E-state index in [-0.39, 0.29) is 24.0 Å². The van der Waals surface area contributed by atoms with Crippen LogP contribution < -0.4 is 11.1 Å². The number of aliphatic hydroxyl groups is 1. The van der Waals surface area contributed by atoms with Crippen LogP contribution >= 0.6 is 0 Å². The molecule has 0 heterocycles. The first-order valence-electron chi connectivity index (χ1n) is 8.59. The van der Waals surface area contributed by atoms with Gasteiger partial charge in [0.15, 0.2) is 0 Å². The molecule has 2 atom stereocenters. The minimum atomic E-state index is -0.532. The van der Waals surface area contributed by atoms with Crippen molar-refractivity contribution in [1.82, 2.24) is 10.2 Å². The molecule has 1 aromatic rings. The summed E-state index contributed by atoms with van der Waals surface area (Å²) < 4.78 is 0. The molecule has 0 aliphatic rings. The minimum Gasteiger partial charge on any atom is -0.396 e. The fourth-order valence-corrected chi connectivity index (χ4v) is 2.99. The van der Waals surface area contributed by atoms with Gasteiger partial charge in [0, 0.05) is 18.6 Å². The van der Waals surface area contributed by atoms with Crippen molar-refractivity contribution in [3.05, 3.63) is 35.9 Å². The third-order valence-electron chi connectivity index (χ3n) is 4.48. The van der Waals surface area contributed by atoms with Gasteiger partial charge in [0.2, 0.25) is 0 Å². The van der Waals surface area contributed by atoms with E-state index in [1.807, 2.05) is 30.3 Å². The maximum Gasteiger partial charge on any atom is 0.312 e. The van der Waals surface area contributed by atoms with Crippen LogP contribution in [0.1, 0.15) is 32.3 Å². The summed E-state index contributed by atoms with van der Waals surface area (Å²) in [5.74, 6) is -0.0569. The number of rotatable bonds is 10. The van der Waals surface area contributed by atoms with E-state index in [1.54, 1.807) is 0 Å². The molecule has 1 unspecified atom stereocenters. The Morgan fingerprint density at radius 3 is 2.42 bits per heavy atom. The van der Waals surface area contributed by atoms with Gasteiger partial charge >= 0.3 is 6.03 Å². The van der Waals surface area contributed by atoms with Crippen LogP contribution in [0.25, 0.3) is 0 Å². The number of nitrogens with one attached hydrogen (secondary N) is 1. The highest BCUT2D eigenvalue weighted by atomic mass is 16.3. The first kappa shape index (κ1) is 20.5. The average Bonchev–Trinajstić information content (AvgIpc) is 2.50. The lowest BCUT2D eigenvalue weighted by atomic mass is 9.77. The quantitative estimate of drug-likeness (QED) is 0.613. The van der Waals surface area contributed by atoms with E-state index in [0.29, 0.717) is 6.42 Å². The summed E-state index contributed by atoms with van der Waals surface area (Å²) in [4.78, 5) is 13.6. The largest absolute Gasteiger partial charge is 0.396 e. The van der Waals surface area contributed by atoms with Gasteiger partial charge < -0.3 is 21.1 Å². The molecule has 2 amide bonds. The summed E-state index contributed by atoms with van der Waals surface area (Å²) in [6, 6.07) is 9.35. The molecule has 24 heavy (non-hydrogen) atoms. The highest BCUT2D eigenvalue weighted by Gasteiger charge is 2.29. The molecule has 136 valence electrons. The molecule has 1 aromatic carbocycles. The average molecular weight is 335 g/mol. The number of nitrogens with zero attached hydrogens (tertiary/aromatic N) is 1. The van der Waals surface area contributed by atoms with Crippen molar-refractivity contribution in [2.45, 2.75) is 39.2 Å². The number of hydrogen-bond acceptors (Lipinski definition) is 3. The van der Waals surface area contributed by atoms with Crippen LogP contribution in [0, 0.1) is 11.3 Å². The lowest BCUT2D eigenvalue weighted by molar-refractivity contribution is 0.148. The summed E-state index contributed by atoms with van der Waals surface area (Å²) in [5.41, 5.74) is 6.58. The van der Waals surface area contributed by atoms with Gasteiger partial charge in [-0.3, -0.25) is 0 Å². The maximum absolute atomic E-state index is 11.5. The molecule has 0 aliphatic carbocycles. The number of amides is 2. The Hall–Kier alpha value is -1.59. The SMILES string of the molecule is CN(C)CCC(C)(C)CC(NC(N)=O)[C@@H](CO)Cc1ccccc1. The topological polar surface area (TPSA) is 78.6 Å². The van der Waals surface area contributed by atoms with Gasteiger partial charge in [0.05, 0.1) is 0 Å². The summed E-state index contributed by atoms with van der Waals surface area (Å²) >= 11 is 0. The molecule has 5 heteroatoms. The van der Waals surface area contributed by atoms with Crippen LogP contribution in [0.3, 0.4) is 0 Å². The van der Waals surface area contributed by atoms with Gasteiger partial charge in [-0.2, -0.15) is 0 Å². The second-order valence-electron chi connectivity index (χ2n) is 7.67. The predicted octanol–water partition coefficient (Wildman–Crippen LogP) is 2.24. The van der Waals surface area contributed by atoms with Crippen molar-refractivity contribution in [1.29, 1.82) is 0 Å². The molecule has 0 fully saturated rings. The van der Waals surface area contributed by atoms with Crippen LogP contribution in [0.5, 0.6) is 0 Å². The first-order chi connectivity index (χ1) is 11.2. The molecule has 0 saturated carbocycles. The van der Waals surface area contributed by atoms with E-state index in [2.05, 4.69) is 38.2 Å². The Balaban J connectivity index is 2.82. The summed E-state index contributed by atoms with van der Waals surface area (Å²) in [6.45, 7) is 5.40. The van der Waals surface area contributed by atoms with Crippen molar-refractivity contribution >= 4 is 6.03 Å². The Bertz CT molecular complexity index is 489. The summed E-state index contributed by atoms with van der Waals surface area (Å²) in [6.07, 6.45) is 2.51. The van der Waals surface area contributed by atoms with Crippen molar-refractivity contribution in [3.63, 3.8) is 0 Å². The van der Waals surface area contributed by atoms with Crippen molar-refractivity contribution in [2.24, 2.45) is 17.1 Å². The normalized spacial score (nSPS) is 14.4. The summed E-state index contributed by atoms with van der Waals surface area (Å²) in [7, 11) is 4.11. The van der Waals surface area contributed by atoms with Crippen LogP contribution in [0.4, 0.5) is 4.79 Å². The van der Waals surface area contributed by atoms with Crippen molar-refractivity contribution in [3.8, 4) is 0 Å². The highest BCUT2D eigenvalue weighted by Crippen LogP contribution is 2.30. The van der Waals surface area contributed by atoms with Gasteiger partial charge in [-0.15, -0.1) is 0 Å². The van der Waals surface area contributed by atoms with E-state index >= 15 is 0 Å².